The molecule has 0 aromatic carbocycles. The highest BCUT2D eigenvalue weighted by Gasteiger charge is 2.32. The number of aryl methyl sites for hydroxylation is 2. The largest absolute Gasteiger partial charge is 0.338 e. The van der Waals surface area contributed by atoms with Gasteiger partial charge in [-0.2, -0.15) is 0 Å². The predicted octanol–water partition coefficient (Wildman–Crippen LogP) is 2.12. The summed E-state index contributed by atoms with van der Waals surface area (Å²) in [7, 11) is 4.03. The number of nitrogens with zero attached hydrogens (tertiary/aromatic N) is 4. The molecule has 1 amide bonds. The average Bonchev–Trinajstić information content (AvgIpc) is 3.19. The summed E-state index contributed by atoms with van der Waals surface area (Å²) in [6, 6.07) is 0.238. The number of carbonyl (C=O) groups excluding carboxylic acids is 1. The Morgan fingerprint density at radius 2 is 2.12 bits per heavy atom. The number of carbonyl (C=O) groups is 1. The van der Waals surface area contributed by atoms with Crippen molar-refractivity contribution in [1.82, 2.24) is 19.4 Å². The van der Waals surface area contributed by atoms with Gasteiger partial charge < -0.3 is 9.80 Å². The molecule has 140 valence electrons. The monoisotopic (exact) mass is 374 g/mol. The number of rotatable bonds is 2. The van der Waals surface area contributed by atoms with E-state index in [1.807, 2.05) is 18.9 Å². The van der Waals surface area contributed by atoms with E-state index in [2.05, 4.69) is 23.9 Å². The van der Waals surface area contributed by atoms with Crippen LogP contribution < -0.4 is 5.56 Å². The molecule has 2 atom stereocenters. The molecule has 0 radical (unpaired) electrons. The first-order valence-electron chi connectivity index (χ1n) is 9.37. The van der Waals surface area contributed by atoms with Gasteiger partial charge in [0.15, 0.2) is 0 Å². The number of thiophene rings is 1. The Morgan fingerprint density at radius 1 is 1.35 bits per heavy atom. The van der Waals surface area contributed by atoms with Crippen LogP contribution in [0.5, 0.6) is 0 Å². The first kappa shape index (κ1) is 17.7. The predicted molar refractivity (Wildman–Crippen MR) is 104 cm³/mol. The molecule has 2 aliphatic rings. The van der Waals surface area contributed by atoms with Gasteiger partial charge in [-0.25, -0.2) is 4.98 Å². The molecule has 0 N–H and O–H groups in total. The van der Waals surface area contributed by atoms with E-state index in [4.69, 9.17) is 0 Å². The highest BCUT2D eigenvalue weighted by molar-refractivity contribution is 7.20. The second kappa shape index (κ2) is 6.46. The van der Waals surface area contributed by atoms with Crippen molar-refractivity contribution in [3.8, 4) is 0 Å². The fraction of sp³-hybridized carbons (Fsp3) is 0.632. The summed E-state index contributed by atoms with van der Waals surface area (Å²) < 4.78 is 1.78. The zero-order chi connectivity index (χ0) is 18.6. The molecule has 2 aromatic heterocycles. The first-order chi connectivity index (χ1) is 12.4. The normalized spacial score (nSPS) is 23.4. The zero-order valence-corrected chi connectivity index (χ0v) is 16.7. The Balaban J connectivity index is 1.70. The van der Waals surface area contributed by atoms with Crippen LogP contribution in [0.3, 0.4) is 0 Å². The fourth-order valence-corrected chi connectivity index (χ4v) is 5.68. The van der Waals surface area contributed by atoms with E-state index < -0.39 is 0 Å². The number of hydrogen-bond donors (Lipinski definition) is 0. The fourth-order valence-electron chi connectivity index (χ4n) is 4.51. The van der Waals surface area contributed by atoms with Crippen LogP contribution in [0, 0.1) is 12.8 Å². The third-order valence-corrected chi connectivity index (χ3v) is 7.16. The van der Waals surface area contributed by atoms with Crippen molar-refractivity contribution >= 4 is 27.5 Å². The van der Waals surface area contributed by atoms with Crippen LogP contribution in [0.4, 0.5) is 0 Å². The van der Waals surface area contributed by atoms with Crippen LogP contribution in [-0.4, -0.2) is 58.5 Å². The molecule has 0 spiro atoms. The van der Waals surface area contributed by atoms with Gasteiger partial charge in [0.2, 0.25) is 0 Å². The van der Waals surface area contributed by atoms with Gasteiger partial charge in [0, 0.05) is 32.6 Å². The van der Waals surface area contributed by atoms with Gasteiger partial charge in [-0.3, -0.25) is 14.2 Å². The zero-order valence-electron chi connectivity index (χ0n) is 15.9. The minimum Gasteiger partial charge on any atom is -0.338 e. The number of piperidine rings is 1. The van der Waals surface area contributed by atoms with Crippen molar-refractivity contribution in [2.75, 3.05) is 27.2 Å². The Labute approximate surface area is 157 Å². The van der Waals surface area contributed by atoms with Gasteiger partial charge in [-0.1, -0.05) is 6.92 Å². The van der Waals surface area contributed by atoms with Crippen LogP contribution >= 0.6 is 11.3 Å². The molecule has 0 aliphatic carbocycles. The van der Waals surface area contributed by atoms with E-state index in [1.54, 1.807) is 4.57 Å². The molecule has 7 heteroatoms. The van der Waals surface area contributed by atoms with E-state index >= 15 is 0 Å². The van der Waals surface area contributed by atoms with Crippen LogP contribution in [0.15, 0.2) is 4.79 Å². The van der Waals surface area contributed by atoms with Crippen molar-refractivity contribution in [2.45, 2.75) is 45.7 Å². The number of likely N-dealkylation sites (tertiary alicyclic amines) is 1. The van der Waals surface area contributed by atoms with Crippen LogP contribution in [0.2, 0.25) is 0 Å². The highest BCUT2D eigenvalue weighted by Crippen LogP contribution is 2.31. The van der Waals surface area contributed by atoms with Crippen molar-refractivity contribution in [2.24, 2.45) is 5.92 Å². The molecule has 0 saturated carbocycles. The van der Waals surface area contributed by atoms with Crippen LogP contribution in [0.1, 0.15) is 40.8 Å². The third kappa shape index (κ3) is 2.68. The lowest BCUT2D eigenvalue weighted by Gasteiger charge is -2.39. The Bertz CT molecular complexity index is 932. The van der Waals surface area contributed by atoms with E-state index in [9.17, 15) is 9.59 Å². The Kier molecular flexibility index (Phi) is 4.39. The van der Waals surface area contributed by atoms with Crippen LogP contribution in [-0.2, 0) is 13.0 Å². The molecule has 4 heterocycles. The summed E-state index contributed by atoms with van der Waals surface area (Å²) in [5, 5.41) is 0.633. The minimum absolute atomic E-state index is 0.0191. The van der Waals surface area contributed by atoms with Gasteiger partial charge in [0.25, 0.3) is 11.5 Å². The summed E-state index contributed by atoms with van der Waals surface area (Å²) >= 11 is 1.38. The minimum atomic E-state index is 0.0191. The Morgan fingerprint density at radius 3 is 2.85 bits per heavy atom. The summed E-state index contributed by atoms with van der Waals surface area (Å²) in [6.45, 7) is 6.85. The molecule has 1 fully saturated rings. The van der Waals surface area contributed by atoms with Gasteiger partial charge in [-0.15, -0.1) is 11.3 Å². The van der Waals surface area contributed by atoms with Crippen molar-refractivity contribution in [3.63, 3.8) is 0 Å². The second-order valence-corrected chi connectivity index (χ2v) is 8.84. The maximum atomic E-state index is 13.2. The molecule has 2 aliphatic heterocycles. The highest BCUT2D eigenvalue weighted by atomic mass is 32.1. The van der Waals surface area contributed by atoms with Gasteiger partial charge in [0.1, 0.15) is 10.7 Å². The third-order valence-electron chi connectivity index (χ3n) is 5.99. The van der Waals surface area contributed by atoms with E-state index in [1.165, 1.54) is 11.3 Å². The number of amides is 1. The lowest BCUT2D eigenvalue weighted by molar-refractivity contribution is 0.0553. The number of fused-ring (bicyclic) bond motifs is 2. The van der Waals surface area contributed by atoms with Crippen LogP contribution in [0.25, 0.3) is 10.2 Å². The molecule has 26 heavy (non-hydrogen) atoms. The Hall–Kier alpha value is -1.73. The molecule has 2 aromatic rings. The lowest BCUT2D eigenvalue weighted by Crippen LogP contribution is -2.49. The smallest absolute Gasteiger partial charge is 0.264 e. The first-order valence-corrected chi connectivity index (χ1v) is 10.2. The maximum Gasteiger partial charge on any atom is 0.264 e. The summed E-state index contributed by atoms with van der Waals surface area (Å²) in [5.41, 5.74) is 0.813. The topological polar surface area (TPSA) is 58.4 Å². The molecular formula is C19H26N4O2S. The SMILES string of the molecule is Cc1c(C(=O)N(C)C2CCN(C)CC2C)sc2nc3n(c(=O)c12)CCC3. The molecule has 4 rings (SSSR count). The van der Waals surface area contributed by atoms with E-state index in [0.717, 1.165) is 50.3 Å². The second-order valence-electron chi connectivity index (χ2n) is 7.84. The quantitative estimate of drug-likeness (QED) is 0.808. The van der Waals surface area contributed by atoms with E-state index in [-0.39, 0.29) is 17.5 Å². The molecule has 1 saturated heterocycles. The summed E-state index contributed by atoms with van der Waals surface area (Å²) in [4.78, 5) is 36.3. The molecule has 0 bridgehead atoms. The van der Waals surface area contributed by atoms with Gasteiger partial charge >= 0.3 is 0 Å². The van der Waals surface area contributed by atoms with Gasteiger partial charge in [0.05, 0.1) is 10.3 Å². The lowest BCUT2D eigenvalue weighted by atomic mass is 9.93. The average molecular weight is 375 g/mol. The number of hydrogen-bond acceptors (Lipinski definition) is 5. The van der Waals surface area contributed by atoms with Gasteiger partial charge in [-0.05, 0) is 44.8 Å². The van der Waals surface area contributed by atoms with Crippen molar-refractivity contribution in [3.05, 3.63) is 26.6 Å². The summed E-state index contributed by atoms with van der Waals surface area (Å²) in [6.07, 6.45) is 2.80. The van der Waals surface area contributed by atoms with Crippen molar-refractivity contribution in [1.29, 1.82) is 0 Å². The van der Waals surface area contributed by atoms with Crippen molar-refractivity contribution < 1.29 is 4.79 Å². The standard InChI is InChI=1S/C19H26N4O2S/c1-11-10-21(3)9-7-13(11)22(4)19(25)16-12(2)15-17(26-16)20-14-6-5-8-23(14)18(15)24/h11,13H,5-10H2,1-4H3. The van der Waals surface area contributed by atoms with E-state index in [0.29, 0.717) is 21.0 Å². The summed E-state index contributed by atoms with van der Waals surface area (Å²) in [5.74, 6) is 1.32. The molecular weight excluding hydrogens is 348 g/mol. The molecule has 2 unspecified atom stereocenters. The maximum absolute atomic E-state index is 13.2. The molecule has 6 nitrogen and oxygen atoms in total. The number of aromatic nitrogens is 2.